The number of ether oxygens (including phenoxy) is 1. The minimum absolute atomic E-state index is 0.297. The van der Waals surface area contributed by atoms with E-state index in [1.165, 1.54) is 12.1 Å². The Bertz CT molecular complexity index is 434. The summed E-state index contributed by atoms with van der Waals surface area (Å²) >= 11 is 0. The third-order valence-electron chi connectivity index (χ3n) is 3.13. The molecule has 0 saturated carbocycles. The third-order valence-corrected chi connectivity index (χ3v) is 3.13. The van der Waals surface area contributed by atoms with Gasteiger partial charge in [-0.15, -0.1) is 0 Å². The molecule has 0 aliphatic heterocycles. The molecule has 1 N–H and O–H groups in total. The second-order valence-corrected chi connectivity index (χ2v) is 5.12. The van der Waals surface area contributed by atoms with Crippen LogP contribution < -0.4 is 5.32 Å². The predicted molar refractivity (Wildman–Crippen MR) is 75.6 cm³/mol. The number of rotatable bonds is 7. The van der Waals surface area contributed by atoms with Crippen LogP contribution in [0, 0.1) is 11.7 Å². The maximum Gasteiger partial charge on any atom is 0.332 e. The Morgan fingerprint density at radius 2 is 2.15 bits per heavy atom. The monoisotopic (exact) mass is 282 g/mol. The highest BCUT2D eigenvalue weighted by Crippen LogP contribution is 2.25. The molecule has 112 valence electrons. The van der Waals surface area contributed by atoms with Crippen molar-refractivity contribution in [3.8, 4) is 0 Å². The molecular formula is C15H23FN2O2. The third kappa shape index (κ3) is 3.76. The van der Waals surface area contributed by atoms with Crippen LogP contribution in [0.2, 0.25) is 0 Å². The summed E-state index contributed by atoms with van der Waals surface area (Å²) < 4.78 is 18.2. The SMILES string of the molecule is CCOC(=O)C(CC)(NCC(C)C)c1ccc(F)cn1. The molecule has 0 amide bonds. The van der Waals surface area contributed by atoms with E-state index in [1.54, 1.807) is 6.92 Å². The molecule has 0 aromatic carbocycles. The fraction of sp³-hybridized carbons (Fsp3) is 0.600. The van der Waals surface area contributed by atoms with Crippen LogP contribution in [-0.2, 0) is 15.1 Å². The zero-order valence-corrected chi connectivity index (χ0v) is 12.6. The van der Waals surface area contributed by atoms with Gasteiger partial charge in [0.2, 0.25) is 0 Å². The molecule has 0 spiro atoms. The summed E-state index contributed by atoms with van der Waals surface area (Å²) in [5, 5.41) is 3.24. The number of carbonyl (C=O) groups is 1. The fourth-order valence-electron chi connectivity index (χ4n) is 1.98. The van der Waals surface area contributed by atoms with Gasteiger partial charge in [-0.05, 0) is 37.9 Å². The summed E-state index contributed by atoms with van der Waals surface area (Å²) in [5.41, 5.74) is -0.533. The van der Waals surface area contributed by atoms with Crippen molar-refractivity contribution in [1.82, 2.24) is 10.3 Å². The number of esters is 1. The van der Waals surface area contributed by atoms with E-state index in [0.29, 0.717) is 31.2 Å². The highest BCUT2D eigenvalue weighted by atomic mass is 19.1. The molecule has 0 aliphatic carbocycles. The maximum absolute atomic E-state index is 13.0. The van der Waals surface area contributed by atoms with Gasteiger partial charge in [0.15, 0.2) is 5.54 Å². The van der Waals surface area contributed by atoms with Crippen molar-refractivity contribution in [2.24, 2.45) is 5.92 Å². The van der Waals surface area contributed by atoms with Crippen LogP contribution >= 0.6 is 0 Å². The standard InChI is InChI=1S/C15H23FN2O2/c1-5-15(14(19)20-6-2,18-9-11(3)4)13-8-7-12(16)10-17-13/h7-8,10-11,18H,5-6,9H2,1-4H3. The first kappa shape index (κ1) is 16.6. The van der Waals surface area contributed by atoms with Gasteiger partial charge in [0, 0.05) is 0 Å². The lowest BCUT2D eigenvalue weighted by atomic mass is 9.90. The first-order valence-corrected chi connectivity index (χ1v) is 7.00. The van der Waals surface area contributed by atoms with Crippen molar-refractivity contribution < 1.29 is 13.9 Å². The Kier molecular flexibility index (Phi) is 6.07. The molecule has 1 heterocycles. The largest absolute Gasteiger partial charge is 0.464 e. The molecule has 0 radical (unpaired) electrons. The van der Waals surface area contributed by atoms with Crippen molar-refractivity contribution in [3.05, 3.63) is 29.8 Å². The van der Waals surface area contributed by atoms with E-state index in [1.807, 2.05) is 6.92 Å². The minimum atomic E-state index is -1.02. The summed E-state index contributed by atoms with van der Waals surface area (Å²) in [7, 11) is 0. The molecule has 1 atom stereocenters. The highest BCUT2D eigenvalue weighted by molar-refractivity contribution is 5.82. The number of hydrogen-bond acceptors (Lipinski definition) is 4. The van der Waals surface area contributed by atoms with E-state index >= 15 is 0 Å². The molecule has 1 aromatic rings. The van der Waals surface area contributed by atoms with Crippen molar-refractivity contribution in [1.29, 1.82) is 0 Å². The Morgan fingerprint density at radius 1 is 1.45 bits per heavy atom. The molecule has 0 saturated heterocycles. The molecule has 20 heavy (non-hydrogen) atoms. The molecule has 1 unspecified atom stereocenters. The lowest BCUT2D eigenvalue weighted by molar-refractivity contribution is -0.152. The van der Waals surface area contributed by atoms with Crippen molar-refractivity contribution in [2.45, 2.75) is 39.7 Å². The predicted octanol–water partition coefficient (Wildman–Crippen LogP) is 2.63. The van der Waals surface area contributed by atoms with E-state index < -0.39 is 11.4 Å². The molecule has 1 rings (SSSR count). The van der Waals surface area contributed by atoms with Gasteiger partial charge in [-0.3, -0.25) is 10.3 Å². The molecule has 4 nitrogen and oxygen atoms in total. The van der Waals surface area contributed by atoms with Crippen molar-refractivity contribution in [3.63, 3.8) is 0 Å². The number of aromatic nitrogens is 1. The molecule has 0 fully saturated rings. The molecule has 0 bridgehead atoms. The topological polar surface area (TPSA) is 51.2 Å². The molecular weight excluding hydrogens is 259 g/mol. The summed E-state index contributed by atoms with van der Waals surface area (Å²) in [5.74, 6) is -0.426. The van der Waals surface area contributed by atoms with Gasteiger partial charge >= 0.3 is 5.97 Å². The van der Waals surface area contributed by atoms with Crippen molar-refractivity contribution in [2.75, 3.05) is 13.2 Å². The van der Waals surface area contributed by atoms with E-state index in [9.17, 15) is 9.18 Å². The van der Waals surface area contributed by atoms with Gasteiger partial charge in [0.25, 0.3) is 0 Å². The molecule has 1 aromatic heterocycles. The van der Waals surface area contributed by atoms with Crippen LogP contribution in [0.1, 0.15) is 39.8 Å². The minimum Gasteiger partial charge on any atom is -0.464 e. The van der Waals surface area contributed by atoms with Crippen molar-refractivity contribution >= 4 is 5.97 Å². The number of halogens is 1. The Morgan fingerprint density at radius 3 is 2.60 bits per heavy atom. The Hall–Kier alpha value is -1.49. The molecule has 0 aliphatic rings. The first-order chi connectivity index (χ1) is 9.46. The Labute approximate surface area is 119 Å². The van der Waals surface area contributed by atoms with Gasteiger partial charge in [-0.2, -0.15) is 0 Å². The normalized spacial score (nSPS) is 14.1. The lowest BCUT2D eigenvalue weighted by Crippen LogP contribution is -2.51. The number of hydrogen-bond donors (Lipinski definition) is 1. The van der Waals surface area contributed by atoms with E-state index in [0.717, 1.165) is 6.20 Å². The number of carbonyl (C=O) groups excluding carboxylic acids is 1. The average Bonchev–Trinajstić information content (AvgIpc) is 2.41. The first-order valence-electron chi connectivity index (χ1n) is 7.00. The number of pyridine rings is 1. The molecule has 5 heteroatoms. The number of nitrogens with zero attached hydrogens (tertiary/aromatic N) is 1. The summed E-state index contributed by atoms with van der Waals surface area (Å²) in [6.45, 7) is 8.69. The highest BCUT2D eigenvalue weighted by Gasteiger charge is 2.41. The summed E-state index contributed by atoms with van der Waals surface area (Å²) in [4.78, 5) is 16.4. The lowest BCUT2D eigenvalue weighted by Gasteiger charge is -2.31. The van der Waals surface area contributed by atoms with Crippen LogP contribution in [0.5, 0.6) is 0 Å². The van der Waals surface area contributed by atoms with Crippen LogP contribution in [0.25, 0.3) is 0 Å². The number of nitrogens with one attached hydrogen (secondary N) is 1. The van der Waals surface area contributed by atoms with E-state index in [-0.39, 0.29) is 5.97 Å². The smallest absolute Gasteiger partial charge is 0.332 e. The quantitative estimate of drug-likeness (QED) is 0.781. The van der Waals surface area contributed by atoms with Crippen LogP contribution in [0.3, 0.4) is 0 Å². The fourth-order valence-corrected chi connectivity index (χ4v) is 1.98. The maximum atomic E-state index is 13.0. The zero-order chi connectivity index (χ0) is 15.2. The van der Waals surface area contributed by atoms with E-state index in [4.69, 9.17) is 4.74 Å². The van der Waals surface area contributed by atoms with Gasteiger partial charge < -0.3 is 4.74 Å². The summed E-state index contributed by atoms with van der Waals surface area (Å²) in [6, 6.07) is 2.84. The van der Waals surface area contributed by atoms with Gasteiger partial charge in [0.1, 0.15) is 5.82 Å². The van der Waals surface area contributed by atoms with Gasteiger partial charge in [-0.25, -0.2) is 9.18 Å². The summed E-state index contributed by atoms with van der Waals surface area (Å²) in [6.07, 6.45) is 1.60. The van der Waals surface area contributed by atoms with Gasteiger partial charge in [-0.1, -0.05) is 20.8 Å². The average molecular weight is 282 g/mol. The second-order valence-electron chi connectivity index (χ2n) is 5.12. The Balaban J connectivity index is 3.15. The van der Waals surface area contributed by atoms with E-state index in [2.05, 4.69) is 24.1 Å². The van der Waals surface area contributed by atoms with Crippen LogP contribution in [0.15, 0.2) is 18.3 Å². The van der Waals surface area contributed by atoms with Crippen LogP contribution in [-0.4, -0.2) is 24.1 Å². The van der Waals surface area contributed by atoms with Crippen LogP contribution in [0.4, 0.5) is 4.39 Å². The zero-order valence-electron chi connectivity index (χ0n) is 12.6. The van der Waals surface area contributed by atoms with Gasteiger partial charge in [0.05, 0.1) is 18.5 Å². The second kappa shape index (κ2) is 7.33.